The molecule has 152 valence electrons. The van der Waals surface area contributed by atoms with Crippen LogP contribution in [0.3, 0.4) is 0 Å². The molecule has 2 rings (SSSR count). The van der Waals surface area contributed by atoms with Crippen molar-refractivity contribution in [3.8, 4) is 0 Å². The number of nitro groups is 1. The van der Waals surface area contributed by atoms with Gasteiger partial charge in [0.15, 0.2) is 0 Å². The molecule has 0 spiro atoms. The number of hydrogen-bond acceptors (Lipinski definition) is 7. The fourth-order valence-electron chi connectivity index (χ4n) is 3.31. The molecule has 1 unspecified atom stereocenters. The van der Waals surface area contributed by atoms with Gasteiger partial charge in [-0.2, -0.15) is 0 Å². The third-order valence-electron chi connectivity index (χ3n) is 4.47. The van der Waals surface area contributed by atoms with Gasteiger partial charge in [0.05, 0.1) is 18.9 Å². The normalized spacial score (nSPS) is 20.6. The van der Waals surface area contributed by atoms with E-state index in [9.17, 15) is 24.5 Å². The Morgan fingerprint density at radius 3 is 2.39 bits per heavy atom. The minimum Gasteiger partial charge on any atom is -0.467 e. The summed E-state index contributed by atoms with van der Waals surface area (Å²) in [6.07, 6.45) is -1.04. The molecule has 1 heterocycles. The van der Waals surface area contributed by atoms with Gasteiger partial charge in [0, 0.05) is 4.92 Å². The molecule has 1 aromatic carbocycles. The van der Waals surface area contributed by atoms with Gasteiger partial charge in [0.25, 0.3) is 0 Å². The van der Waals surface area contributed by atoms with Gasteiger partial charge in [-0.25, -0.2) is 14.5 Å². The summed E-state index contributed by atoms with van der Waals surface area (Å²) in [6, 6.07) is 7.37. The maximum Gasteiger partial charge on any atom is 0.417 e. The zero-order valence-electron chi connectivity index (χ0n) is 16.3. The highest BCUT2D eigenvalue weighted by Crippen LogP contribution is 2.37. The van der Waals surface area contributed by atoms with E-state index in [-0.39, 0.29) is 6.42 Å². The lowest BCUT2D eigenvalue weighted by Gasteiger charge is -2.26. The highest BCUT2D eigenvalue weighted by atomic mass is 16.6. The monoisotopic (exact) mass is 392 g/mol. The van der Waals surface area contributed by atoms with Gasteiger partial charge in [0.1, 0.15) is 11.6 Å². The van der Waals surface area contributed by atoms with E-state index in [1.54, 1.807) is 51.1 Å². The second-order valence-electron chi connectivity index (χ2n) is 7.60. The van der Waals surface area contributed by atoms with E-state index in [4.69, 9.17) is 9.47 Å². The molecular weight excluding hydrogens is 368 g/mol. The van der Waals surface area contributed by atoms with E-state index in [1.807, 2.05) is 0 Å². The standard InChI is InChI=1S/C19H24N2O7/c1-19(2,3)28-18(24)21-15(17(23)27-4)10-13(16(21)22)14(11-20(25)26)12-8-6-5-7-9-12/h5-9,13-15H,10-11H2,1-4H3/t13-,14?,15-/m0/s1. The maximum absolute atomic E-state index is 13.1. The summed E-state index contributed by atoms with van der Waals surface area (Å²) in [7, 11) is 1.15. The van der Waals surface area contributed by atoms with Crippen molar-refractivity contribution < 1.29 is 28.8 Å². The topological polar surface area (TPSA) is 116 Å². The molecule has 0 bridgehead atoms. The van der Waals surface area contributed by atoms with Crippen LogP contribution in [-0.4, -0.2) is 53.1 Å². The number of methoxy groups -OCH3 is 1. The second-order valence-corrected chi connectivity index (χ2v) is 7.60. The van der Waals surface area contributed by atoms with Crippen molar-refractivity contribution in [1.29, 1.82) is 0 Å². The second kappa shape index (κ2) is 8.37. The Balaban J connectivity index is 2.41. The van der Waals surface area contributed by atoms with Crippen molar-refractivity contribution in [2.75, 3.05) is 13.7 Å². The van der Waals surface area contributed by atoms with Crippen LogP contribution in [0.5, 0.6) is 0 Å². The van der Waals surface area contributed by atoms with Crippen molar-refractivity contribution in [2.24, 2.45) is 5.92 Å². The van der Waals surface area contributed by atoms with Crippen LogP contribution in [0.15, 0.2) is 30.3 Å². The fourth-order valence-corrected chi connectivity index (χ4v) is 3.31. The smallest absolute Gasteiger partial charge is 0.417 e. The molecule has 1 aromatic rings. The molecule has 28 heavy (non-hydrogen) atoms. The first-order chi connectivity index (χ1) is 13.0. The first-order valence-electron chi connectivity index (χ1n) is 8.85. The average molecular weight is 392 g/mol. The van der Waals surface area contributed by atoms with Crippen LogP contribution in [0.25, 0.3) is 0 Å². The number of carbonyl (C=O) groups is 3. The van der Waals surface area contributed by atoms with Gasteiger partial charge in [-0.15, -0.1) is 0 Å². The van der Waals surface area contributed by atoms with Crippen LogP contribution in [0.4, 0.5) is 4.79 Å². The number of ether oxygens (including phenoxy) is 2. The summed E-state index contributed by atoms with van der Waals surface area (Å²) in [5.41, 5.74) is -0.289. The van der Waals surface area contributed by atoms with Gasteiger partial charge in [-0.3, -0.25) is 14.9 Å². The minimum atomic E-state index is -1.18. The number of esters is 1. The largest absolute Gasteiger partial charge is 0.467 e. The number of amides is 2. The molecule has 1 aliphatic rings. The van der Waals surface area contributed by atoms with Crippen LogP contribution < -0.4 is 0 Å². The number of likely N-dealkylation sites (tertiary alicyclic amines) is 1. The molecule has 9 heteroatoms. The molecule has 1 aliphatic heterocycles. The third kappa shape index (κ3) is 4.85. The number of imide groups is 1. The summed E-state index contributed by atoms with van der Waals surface area (Å²) in [6.45, 7) is 4.40. The molecule has 0 radical (unpaired) electrons. The summed E-state index contributed by atoms with van der Waals surface area (Å²) >= 11 is 0. The first kappa shape index (κ1) is 21.3. The Bertz CT molecular complexity index is 757. The van der Waals surface area contributed by atoms with Gasteiger partial charge in [-0.1, -0.05) is 30.3 Å². The Morgan fingerprint density at radius 1 is 1.29 bits per heavy atom. The predicted octanol–water partition coefficient (Wildman–Crippen LogP) is 2.37. The number of benzene rings is 1. The van der Waals surface area contributed by atoms with E-state index in [2.05, 4.69) is 0 Å². The lowest BCUT2D eigenvalue weighted by atomic mass is 9.84. The summed E-state index contributed by atoms with van der Waals surface area (Å²) in [4.78, 5) is 49.3. The number of hydrogen-bond donors (Lipinski definition) is 0. The first-order valence-corrected chi connectivity index (χ1v) is 8.85. The number of carbonyl (C=O) groups excluding carboxylic acids is 3. The van der Waals surface area contributed by atoms with Crippen molar-refractivity contribution in [1.82, 2.24) is 4.90 Å². The van der Waals surface area contributed by atoms with Crippen LogP contribution in [-0.2, 0) is 19.1 Å². The van der Waals surface area contributed by atoms with Crippen molar-refractivity contribution >= 4 is 18.0 Å². The van der Waals surface area contributed by atoms with Gasteiger partial charge >= 0.3 is 12.1 Å². The van der Waals surface area contributed by atoms with E-state index in [0.29, 0.717) is 5.56 Å². The molecule has 0 aromatic heterocycles. The molecule has 9 nitrogen and oxygen atoms in total. The number of rotatable bonds is 5. The molecule has 0 N–H and O–H groups in total. The number of nitrogens with zero attached hydrogens (tertiary/aromatic N) is 2. The predicted molar refractivity (Wildman–Crippen MR) is 98.0 cm³/mol. The van der Waals surface area contributed by atoms with Crippen LogP contribution in [0.1, 0.15) is 38.7 Å². The van der Waals surface area contributed by atoms with Gasteiger partial charge in [0.2, 0.25) is 12.5 Å². The highest BCUT2D eigenvalue weighted by Gasteiger charge is 2.52. The van der Waals surface area contributed by atoms with Crippen LogP contribution in [0.2, 0.25) is 0 Å². The summed E-state index contributed by atoms with van der Waals surface area (Å²) in [5.74, 6) is -3.16. The van der Waals surface area contributed by atoms with E-state index in [1.165, 1.54) is 0 Å². The zero-order valence-corrected chi connectivity index (χ0v) is 16.3. The Labute approximate surface area is 162 Å². The Hall–Kier alpha value is -2.97. The fraction of sp³-hybridized carbons (Fsp3) is 0.526. The molecule has 1 fully saturated rings. The lowest BCUT2D eigenvalue weighted by molar-refractivity contribution is -0.484. The Morgan fingerprint density at radius 2 is 1.89 bits per heavy atom. The molecule has 0 aliphatic carbocycles. The van der Waals surface area contributed by atoms with E-state index < -0.39 is 52.9 Å². The lowest BCUT2D eigenvalue weighted by Crippen LogP contribution is -2.46. The molecule has 1 saturated heterocycles. The van der Waals surface area contributed by atoms with E-state index in [0.717, 1.165) is 12.0 Å². The van der Waals surface area contributed by atoms with Crippen molar-refractivity contribution in [3.05, 3.63) is 46.0 Å². The van der Waals surface area contributed by atoms with Gasteiger partial charge in [-0.05, 0) is 32.8 Å². The SMILES string of the molecule is COC(=O)[C@@H]1C[C@@H](C(C[N+](=O)[O-])c2ccccc2)C(=O)N1C(=O)OC(C)(C)C. The zero-order chi connectivity index (χ0) is 21.1. The molecular formula is C19H24N2O7. The quantitative estimate of drug-likeness (QED) is 0.429. The summed E-state index contributed by atoms with van der Waals surface area (Å²) in [5, 5.41) is 11.2. The van der Waals surface area contributed by atoms with Crippen LogP contribution in [0, 0.1) is 16.0 Å². The van der Waals surface area contributed by atoms with Crippen molar-refractivity contribution in [3.63, 3.8) is 0 Å². The maximum atomic E-state index is 13.1. The van der Waals surface area contributed by atoms with Crippen LogP contribution >= 0.6 is 0 Å². The molecule has 0 saturated carbocycles. The third-order valence-corrected chi connectivity index (χ3v) is 4.47. The molecule has 3 atom stereocenters. The Kier molecular flexibility index (Phi) is 6.37. The molecule has 2 amide bonds. The highest BCUT2D eigenvalue weighted by molar-refractivity contribution is 6.01. The van der Waals surface area contributed by atoms with E-state index >= 15 is 0 Å². The van der Waals surface area contributed by atoms with Crippen molar-refractivity contribution in [2.45, 2.75) is 44.8 Å². The average Bonchev–Trinajstić information content (AvgIpc) is 2.95. The summed E-state index contributed by atoms with van der Waals surface area (Å²) < 4.78 is 9.99. The minimum absolute atomic E-state index is 0.0713. The van der Waals surface area contributed by atoms with Gasteiger partial charge < -0.3 is 9.47 Å².